The van der Waals surface area contributed by atoms with Crippen molar-refractivity contribution in [2.45, 2.75) is 25.3 Å². The fraction of sp³-hybridized carbons (Fsp3) is 0.138. The van der Waals surface area contributed by atoms with Crippen molar-refractivity contribution >= 4 is 5.91 Å². The van der Waals surface area contributed by atoms with Gasteiger partial charge in [-0.25, -0.2) is 5.43 Å². The molecule has 160 valence electrons. The summed E-state index contributed by atoms with van der Waals surface area (Å²) in [6, 6.07) is 38.5. The number of nitrogens with one attached hydrogen (secondary N) is 2. The summed E-state index contributed by atoms with van der Waals surface area (Å²) in [7, 11) is 0. The van der Waals surface area contributed by atoms with E-state index in [4.69, 9.17) is 0 Å². The van der Waals surface area contributed by atoms with Crippen LogP contribution in [0.25, 0.3) is 0 Å². The molecule has 0 aliphatic carbocycles. The summed E-state index contributed by atoms with van der Waals surface area (Å²) >= 11 is 0. The quantitative estimate of drug-likeness (QED) is 0.277. The summed E-state index contributed by atoms with van der Waals surface area (Å²) in [6.07, 6.45) is 1.85. The number of carbonyl (C=O) groups is 1. The third kappa shape index (κ3) is 4.34. The lowest BCUT2D eigenvalue weighted by Gasteiger charge is -2.37. The molecule has 0 saturated heterocycles. The summed E-state index contributed by atoms with van der Waals surface area (Å²) < 4.78 is 0. The van der Waals surface area contributed by atoms with Gasteiger partial charge >= 0.3 is 0 Å². The smallest absolute Gasteiger partial charge is 0.265 e. The van der Waals surface area contributed by atoms with Crippen molar-refractivity contribution in [1.29, 1.82) is 0 Å². The Bertz CT molecular complexity index is 1040. The molecule has 0 aromatic heterocycles. The van der Waals surface area contributed by atoms with Crippen LogP contribution < -0.4 is 10.9 Å². The van der Waals surface area contributed by atoms with Crippen molar-refractivity contribution in [3.63, 3.8) is 0 Å². The molecule has 0 heterocycles. The standard InChI is InChI=1S/C29H28N2O/c1-2-14-23-15-12-13-22-27(23)28(32)30-31-29(24-16-6-3-7-17-24,25-18-8-4-9-19-25)26-20-10-5-11-21-26/h3-13,15-22,31H,2,14H2,1H3,(H,30,32). The summed E-state index contributed by atoms with van der Waals surface area (Å²) in [5.41, 5.74) is 10.6. The zero-order chi connectivity index (χ0) is 22.2. The van der Waals surface area contributed by atoms with Gasteiger partial charge in [0.15, 0.2) is 0 Å². The van der Waals surface area contributed by atoms with Crippen molar-refractivity contribution in [3.05, 3.63) is 143 Å². The lowest BCUT2D eigenvalue weighted by Crippen LogP contribution is -2.53. The Hall–Kier alpha value is -3.69. The maximum absolute atomic E-state index is 13.3. The molecule has 2 N–H and O–H groups in total. The second kappa shape index (κ2) is 10.1. The average Bonchev–Trinajstić information content (AvgIpc) is 2.87. The third-order valence-electron chi connectivity index (χ3n) is 5.77. The van der Waals surface area contributed by atoms with Crippen LogP contribution in [0.15, 0.2) is 115 Å². The molecule has 32 heavy (non-hydrogen) atoms. The van der Waals surface area contributed by atoms with Gasteiger partial charge in [-0.2, -0.15) is 0 Å². The van der Waals surface area contributed by atoms with Crippen LogP contribution in [0, 0.1) is 0 Å². The number of amides is 1. The van der Waals surface area contributed by atoms with Crippen molar-refractivity contribution in [2.24, 2.45) is 0 Å². The first kappa shape index (κ1) is 21.5. The van der Waals surface area contributed by atoms with Crippen LogP contribution in [0.1, 0.15) is 46.0 Å². The van der Waals surface area contributed by atoms with E-state index < -0.39 is 5.54 Å². The topological polar surface area (TPSA) is 41.1 Å². The van der Waals surface area contributed by atoms with E-state index in [1.54, 1.807) is 0 Å². The molecule has 0 spiro atoms. The molecular weight excluding hydrogens is 392 g/mol. The molecule has 3 heteroatoms. The Labute approximate surface area is 190 Å². The number of hydrazine groups is 1. The highest BCUT2D eigenvalue weighted by Gasteiger charge is 2.36. The Morgan fingerprint density at radius 2 is 1.09 bits per heavy atom. The molecule has 0 aliphatic heterocycles. The molecule has 4 aromatic carbocycles. The monoisotopic (exact) mass is 420 g/mol. The second-order valence-electron chi connectivity index (χ2n) is 7.83. The highest BCUT2D eigenvalue weighted by molar-refractivity contribution is 5.95. The molecule has 0 aliphatic rings. The van der Waals surface area contributed by atoms with E-state index in [1.165, 1.54) is 0 Å². The first-order valence-electron chi connectivity index (χ1n) is 11.1. The Balaban J connectivity index is 1.79. The van der Waals surface area contributed by atoms with Crippen molar-refractivity contribution in [1.82, 2.24) is 10.9 Å². The summed E-state index contributed by atoms with van der Waals surface area (Å²) in [6.45, 7) is 2.12. The predicted molar refractivity (Wildman–Crippen MR) is 130 cm³/mol. The fourth-order valence-electron chi connectivity index (χ4n) is 4.23. The van der Waals surface area contributed by atoms with E-state index in [9.17, 15) is 4.79 Å². The van der Waals surface area contributed by atoms with E-state index in [-0.39, 0.29) is 5.91 Å². The lowest BCUT2D eigenvalue weighted by molar-refractivity contribution is 0.0917. The zero-order valence-corrected chi connectivity index (χ0v) is 18.3. The Kier molecular flexibility index (Phi) is 6.78. The van der Waals surface area contributed by atoms with Crippen LogP contribution in [-0.4, -0.2) is 5.91 Å². The van der Waals surface area contributed by atoms with Gasteiger partial charge in [0.2, 0.25) is 0 Å². The third-order valence-corrected chi connectivity index (χ3v) is 5.77. The Morgan fingerprint density at radius 3 is 1.56 bits per heavy atom. The number of hydrogen-bond donors (Lipinski definition) is 2. The number of aryl methyl sites for hydroxylation is 1. The van der Waals surface area contributed by atoms with E-state index in [1.807, 2.05) is 78.9 Å². The molecule has 0 fully saturated rings. The summed E-state index contributed by atoms with van der Waals surface area (Å²) in [4.78, 5) is 13.3. The molecule has 4 aromatic rings. The van der Waals surface area contributed by atoms with Crippen LogP contribution in [0.5, 0.6) is 0 Å². The second-order valence-corrected chi connectivity index (χ2v) is 7.83. The van der Waals surface area contributed by atoms with Crippen molar-refractivity contribution in [2.75, 3.05) is 0 Å². The van der Waals surface area contributed by atoms with Crippen LogP contribution in [0.2, 0.25) is 0 Å². The van der Waals surface area contributed by atoms with E-state index in [0.29, 0.717) is 5.56 Å². The lowest BCUT2D eigenvalue weighted by atomic mass is 9.77. The van der Waals surface area contributed by atoms with Crippen molar-refractivity contribution < 1.29 is 4.79 Å². The predicted octanol–water partition coefficient (Wildman–Crippen LogP) is 5.87. The molecule has 0 unspecified atom stereocenters. The number of carbonyl (C=O) groups excluding carboxylic acids is 1. The SMILES string of the molecule is CCCc1ccccc1C(=O)NNC(c1ccccc1)(c1ccccc1)c1ccccc1. The number of benzene rings is 4. The van der Waals surface area contributed by atoms with Gasteiger partial charge in [0.1, 0.15) is 5.54 Å². The van der Waals surface area contributed by atoms with Gasteiger partial charge < -0.3 is 0 Å². The van der Waals surface area contributed by atoms with Gasteiger partial charge in [0, 0.05) is 5.56 Å². The van der Waals surface area contributed by atoms with Gasteiger partial charge in [-0.1, -0.05) is 123 Å². The highest BCUT2D eigenvalue weighted by Crippen LogP contribution is 2.36. The first-order valence-corrected chi connectivity index (χ1v) is 11.1. The maximum atomic E-state index is 13.3. The molecule has 0 radical (unpaired) electrons. The minimum Gasteiger partial charge on any atom is -0.286 e. The zero-order valence-electron chi connectivity index (χ0n) is 18.3. The molecular formula is C29H28N2O. The number of hydrogen-bond acceptors (Lipinski definition) is 2. The fourth-order valence-corrected chi connectivity index (χ4v) is 4.23. The molecule has 0 atom stereocenters. The normalized spacial score (nSPS) is 11.2. The Morgan fingerprint density at radius 1 is 0.656 bits per heavy atom. The van der Waals surface area contributed by atoms with Gasteiger partial charge in [0.05, 0.1) is 0 Å². The minimum atomic E-state index is -0.751. The molecule has 1 amide bonds. The van der Waals surface area contributed by atoms with E-state index in [2.05, 4.69) is 54.2 Å². The van der Waals surface area contributed by atoms with Gasteiger partial charge in [-0.3, -0.25) is 10.2 Å². The number of rotatable bonds is 8. The largest absolute Gasteiger partial charge is 0.286 e. The van der Waals surface area contributed by atoms with Crippen LogP contribution in [0.3, 0.4) is 0 Å². The van der Waals surface area contributed by atoms with Crippen LogP contribution in [-0.2, 0) is 12.0 Å². The molecule has 0 bridgehead atoms. The first-order chi connectivity index (χ1) is 15.8. The van der Waals surface area contributed by atoms with Crippen LogP contribution in [0.4, 0.5) is 0 Å². The summed E-state index contributed by atoms with van der Waals surface area (Å²) in [5.74, 6) is -0.138. The van der Waals surface area contributed by atoms with Gasteiger partial charge in [-0.05, 0) is 34.7 Å². The molecule has 4 rings (SSSR count). The van der Waals surface area contributed by atoms with E-state index >= 15 is 0 Å². The average molecular weight is 421 g/mol. The van der Waals surface area contributed by atoms with Crippen molar-refractivity contribution in [3.8, 4) is 0 Å². The van der Waals surface area contributed by atoms with E-state index in [0.717, 1.165) is 35.1 Å². The molecule has 3 nitrogen and oxygen atoms in total. The highest BCUT2D eigenvalue weighted by atomic mass is 16.2. The minimum absolute atomic E-state index is 0.138. The van der Waals surface area contributed by atoms with Crippen LogP contribution >= 0.6 is 0 Å². The summed E-state index contributed by atoms with van der Waals surface area (Å²) in [5, 5.41) is 0. The molecule has 0 saturated carbocycles. The van der Waals surface area contributed by atoms with Gasteiger partial charge in [0.25, 0.3) is 5.91 Å². The van der Waals surface area contributed by atoms with Gasteiger partial charge in [-0.15, -0.1) is 0 Å². The maximum Gasteiger partial charge on any atom is 0.265 e.